The number of para-hydroxylation sites is 1. The summed E-state index contributed by atoms with van der Waals surface area (Å²) in [6, 6.07) is 8.42. The number of ether oxygens (including phenoxy) is 1. The fourth-order valence-electron chi connectivity index (χ4n) is 2.36. The van der Waals surface area contributed by atoms with Gasteiger partial charge in [-0.2, -0.15) is 0 Å². The van der Waals surface area contributed by atoms with E-state index >= 15 is 0 Å². The lowest BCUT2D eigenvalue weighted by atomic mass is 10.1. The number of guanidine groups is 1. The van der Waals surface area contributed by atoms with Gasteiger partial charge in [0.1, 0.15) is 6.10 Å². The number of pyridine rings is 1. The number of halogens is 1. The molecule has 0 amide bonds. The zero-order chi connectivity index (χ0) is 18.1. The van der Waals surface area contributed by atoms with Crippen LogP contribution in [0.5, 0.6) is 5.75 Å². The molecule has 0 spiro atoms. The molecule has 0 aliphatic heterocycles. The van der Waals surface area contributed by atoms with Gasteiger partial charge in [0.15, 0.2) is 17.5 Å². The molecule has 1 unspecified atom stereocenters. The van der Waals surface area contributed by atoms with Crippen molar-refractivity contribution in [1.82, 2.24) is 15.6 Å². The third kappa shape index (κ3) is 6.06. The van der Waals surface area contributed by atoms with Gasteiger partial charge in [0.25, 0.3) is 0 Å². The van der Waals surface area contributed by atoms with Gasteiger partial charge in [-0.05, 0) is 49.6 Å². The summed E-state index contributed by atoms with van der Waals surface area (Å²) in [7, 11) is 1.72. The first-order chi connectivity index (χ1) is 12.1. The molecular formula is C19H25FN4O. The molecule has 1 atom stereocenters. The molecule has 2 N–H and O–H groups in total. The molecule has 0 bridgehead atoms. The summed E-state index contributed by atoms with van der Waals surface area (Å²) in [5, 5.41) is 6.45. The van der Waals surface area contributed by atoms with E-state index in [2.05, 4.69) is 27.5 Å². The molecule has 0 fully saturated rings. The molecule has 0 saturated carbocycles. The second kappa shape index (κ2) is 9.61. The van der Waals surface area contributed by atoms with Crippen molar-refractivity contribution >= 4 is 5.96 Å². The molecule has 6 heteroatoms. The molecule has 25 heavy (non-hydrogen) atoms. The summed E-state index contributed by atoms with van der Waals surface area (Å²) in [6.45, 7) is 5.21. The maximum absolute atomic E-state index is 13.6. The fourth-order valence-corrected chi connectivity index (χ4v) is 2.36. The van der Waals surface area contributed by atoms with E-state index in [9.17, 15) is 4.39 Å². The number of hydrogen-bond donors (Lipinski definition) is 2. The number of nitrogens with zero attached hydrogens (tertiary/aromatic N) is 2. The summed E-state index contributed by atoms with van der Waals surface area (Å²) in [4.78, 5) is 8.29. The fraction of sp³-hybridized carbons (Fsp3) is 0.368. The van der Waals surface area contributed by atoms with Crippen molar-refractivity contribution < 1.29 is 9.13 Å². The number of nitrogens with one attached hydrogen (secondary N) is 2. The van der Waals surface area contributed by atoms with Crippen LogP contribution in [0.2, 0.25) is 0 Å². The Morgan fingerprint density at radius 2 is 2.08 bits per heavy atom. The third-order valence-corrected chi connectivity index (χ3v) is 3.77. The molecule has 2 aromatic rings. The van der Waals surface area contributed by atoms with Crippen molar-refractivity contribution in [2.45, 2.75) is 26.4 Å². The second-order valence-corrected chi connectivity index (χ2v) is 5.79. The maximum atomic E-state index is 13.6. The van der Waals surface area contributed by atoms with Crippen LogP contribution >= 0.6 is 0 Å². The van der Waals surface area contributed by atoms with Crippen LogP contribution in [0, 0.1) is 12.7 Å². The number of aryl methyl sites for hydroxylation is 1. The lowest BCUT2D eigenvalue weighted by Gasteiger charge is -2.18. The SMILES string of the molecule is CN=C(NCCc1ccncc1C)NCC(C)Oc1ccccc1F. The number of aromatic nitrogens is 1. The van der Waals surface area contributed by atoms with E-state index in [-0.39, 0.29) is 17.7 Å². The maximum Gasteiger partial charge on any atom is 0.191 e. The first-order valence-corrected chi connectivity index (χ1v) is 8.35. The largest absolute Gasteiger partial charge is 0.486 e. The Balaban J connectivity index is 1.74. The molecule has 5 nitrogen and oxygen atoms in total. The van der Waals surface area contributed by atoms with E-state index in [1.54, 1.807) is 31.4 Å². The molecule has 0 aliphatic rings. The Morgan fingerprint density at radius 1 is 1.28 bits per heavy atom. The minimum absolute atomic E-state index is 0.196. The van der Waals surface area contributed by atoms with Gasteiger partial charge in [-0.15, -0.1) is 0 Å². The molecule has 134 valence electrons. The summed E-state index contributed by atoms with van der Waals surface area (Å²) in [5.41, 5.74) is 2.44. The normalized spacial score (nSPS) is 12.6. The number of aliphatic imine (C=N–C) groups is 1. The lowest BCUT2D eigenvalue weighted by Crippen LogP contribution is -2.42. The molecular weight excluding hydrogens is 319 g/mol. The van der Waals surface area contributed by atoms with Crippen molar-refractivity contribution in [2.24, 2.45) is 4.99 Å². The molecule has 1 aromatic carbocycles. The Kier molecular flexibility index (Phi) is 7.19. The monoisotopic (exact) mass is 344 g/mol. The van der Waals surface area contributed by atoms with Gasteiger partial charge in [-0.3, -0.25) is 9.98 Å². The summed E-state index contributed by atoms with van der Waals surface area (Å²) >= 11 is 0. The van der Waals surface area contributed by atoms with Crippen molar-refractivity contribution in [3.8, 4) is 5.75 Å². The van der Waals surface area contributed by atoms with Crippen LogP contribution in [-0.4, -0.2) is 37.2 Å². The van der Waals surface area contributed by atoms with Gasteiger partial charge in [-0.1, -0.05) is 12.1 Å². The van der Waals surface area contributed by atoms with Crippen molar-refractivity contribution in [1.29, 1.82) is 0 Å². The van der Waals surface area contributed by atoms with Crippen LogP contribution in [0.3, 0.4) is 0 Å². The van der Waals surface area contributed by atoms with Gasteiger partial charge in [-0.25, -0.2) is 4.39 Å². The number of hydrogen-bond acceptors (Lipinski definition) is 3. The van der Waals surface area contributed by atoms with Gasteiger partial charge in [0.05, 0.1) is 6.54 Å². The molecule has 0 aliphatic carbocycles. The predicted octanol–water partition coefficient (Wildman–Crippen LogP) is 2.70. The highest BCUT2D eigenvalue weighted by atomic mass is 19.1. The quantitative estimate of drug-likeness (QED) is 0.599. The van der Waals surface area contributed by atoms with Crippen molar-refractivity contribution in [3.05, 3.63) is 59.7 Å². The van der Waals surface area contributed by atoms with Crippen molar-refractivity contribution in [3.63, 3.8) is 0 Å². The Bertz CT molecular complexity index is 705. The van der Waals surface area contributed by atoms with Gasteiger partial charge in [0, 0.05) is 26.0 Å². The first kappa shape index (κ1) is 18.7. The molecule has 2 rings (SSSR count). The van der Waals surface area contributed by atoms with E-state index in [0.717, 1.165) is 13.0 Å². The highest BCUT2D eigenvalue weighted by Crippen LogP contribution is 2.16. The zero-order valence-corrected chi connectivity index (χ0v) is 14.9. The molecule has 1 heterocycles. The minimum Gasteiger partial charge on any atom is -0.486 e. The van der Waals surface area contributed by atoms with Gasteiger partial charge in [0.2, 0.25) is 0 Å². The van der Waals surface area contributed by atoms with Crippen LogP contribution in [0.4, 0.5) is 4.39 Å². The van der Waals surface area contributed by atoms with E-state index in [1.807, 2.05) is 19.2 Å². The van der Waals surface area contributed by atoms with Crippen LogP contribution in [0.1, 0.15) is 18.1 Å². The van der Waals surface area contributed by atoms with Crippen LogP contribution < -0.4 is 15.4 Å². The Morgan fingerprint density at radius 3 is 2.80 bits per heavy atom. The highest BCUT2D eigenvalue weighted by molar-refractivity contribution is 5.79. The number of benzene rings is 1. The standard InChI is InChI=1S/C19H25FN4O/c1-14-12-22-10-8-16(14)9-11-23-19(21-3)24-13-15(2)25-18-7-5-4-6-17(18)20/h4-8,10,12,15H,9,11,13H2,1-3H3,(H2,21,23,24). The second-order valence-electron chi connectivity index (χ2n) is 5.79. The lowest BCUT2D eigenvalue weighted by molar-refractivity contribution is 0.214. The molecule has 0 saturated heterocycles. The van der Waals surface area contributed by atoms with Crippen LogP contribution in [0.25, 0.3) is 0 Å². The Labute approximate surface area is 148 Å². The van der Waals surface area contributed by atoms with Crippen LogP contribution in [-0.2, 0) is 6.42 Å². The van der Waals surface area contributed by atoms with Gasteiger partial charge >= 0.3 is 0 Å². The highest BCUT2D eigenvalue weighted by Gasteiger charge is 2.09. The van der Waals surface area contributed by atoms with Crippen LogP contribution in [0.15, 0.2) is 47.7 Å². The average Bonchev–Trinajstić information content (AvgIpc) is 2.61. The summed E-state index contributed by atoms with van der Waals surface area (Å²) in [5.74, 6) is 0.591. The summed E-state index contributed by atoms with van der Waals surface area (Å²) < 4.78 is 19.2. The van der Waals surface area contributed by atoms with Crippen molar-refractivity contribution in [2.75, 3.05) is 20.1 Å². The van der Waals surface area contributed by atoms with Gasteiger partial charge < -0.3 is 15.4 Å². The minimum atomic E-state index is -0.357. The van der Waals surface area contributed by atoms with E-state index < -0.39 is 0 Å². The topological polar surface area (TPSA) is 58.5 Å². The van der Waals surface area contributed by atoms with E-state index in [1.165, 1.54) is 17.2 Å². The Hall–Kier alpha value is -2.63. The smallest absolute Gasteiger partial charge is 0.191 e. The number of rotatable bonds is 7. The molecule has 1 aromatic heterocycles. The zero-order valence-electron chi connectivity index (χ0n) is 14.9. The van der Waals surface area contributed by atoms with E-state index in [0.29, 0.717) is 12.5 Å². The predicted molar refractivity (Wildman–Crippen MR) is 98.5 cm³/mol. The third-order valence-electron chi connectivity index (χ3n) is 3.77. The summed E-state index contributed by atoms with van der Waals surface area (Å²) in [6.07, 6.45) is 4.36. The average molecular weight is 344 g/mol. The first-order valence-electron chi connectivity index (χ1n) is 8.35. The molecule has 0 radical (unpaired) electrons. The van der Waals surface area contributed by atoms with E-state index in [4.69, 9.17) is 4.74 Å².